The molecule has 2 aliphatic rings. The number of nitrogens with zero attached hydrogens (tertiary/aromatic N) is 1. The maximum absolute atomic E-state index is 13.6. The van der Waals surface area contributed by atoms with Crippen molar-refractivity contribution in [1.82, 2.24) is 9.55 Å². The fourth-order valence-corrected chi connectivity index (χ4v) is 4.01. The smallest absolute Gasteiger partial charge is 0.178 e. The number of aromatic nitrogens is 2. The molecule has 0 aliphatic carbocycles. The molecule has 2 aromatic rings. The molecule has 0 saturated carbocycles. The van der Waals surface area contributed by atoms with Crippen LogP contribution in [0.4, 0.5) is 4.39 Å². The Morgan fingerprint density at radius 1 is 1.42 bits per heavy atom. The lowest BCUT2D eigenvalue weighted by Gasteiger charge is -2.21. The Hall–Kier alpha value is -0.720. The highest BCUT2D eigenvalue weighted by Crippen LogP contribution is 2.43. The Morgan fingerprint density at radius 3 is 2.95 bits per heavy atom. The summed E-state index contributed by atoms with van der Waals surface area (Å²) in [6, 6.07) is 3.56. The Morgan fingerprint density at radius 2 is 2.26 bits per heavy atom. The van der Waals surface area contributed by atoms with E-state index in [4.69, 9.17) is 17.0 Å². The number of imidazole rings is 1. The van der Waals surface area contributed by atoms with Gasteiger partial charge in [0.1, 0.15) is 5.82 Å². The first-order valence-electron chi connectivity index (χ1n) is 6.38. The van der Waals surface area contributed by atoms with Gasteiger partial charge in [-0.15, -0.1) is 0 Å². The largest absolute Gasteiger partial charge is 0.373 e. The third-order valence-corrected chi connectivity index (χ3v) is 5.07. The lowest BCUT2D eigenvalue weighted by atomic mass is 9.95. The van der Waals surface area contributed by atoms with E-state index in [1.807, 2.05) is 0 Å². The summed E-state index contributed by atoms with van der Waals surface area (Å²) in [5, 5.41) is 0. The number of nitrogens with one attached hydrogen (secondary N) is 1. The van der Waals surface area contributed by atoms with E-state index in [-0.39, 0.29) is 18.0 Å². The second-order valence-corrected chi connectivity index (χ2v) is 6.50. The number of aromatic amines is 1. The first-order valence-corrected chi connectivity index (χ1v) is 7.58. The Bertz CT molecular complexity index is 725. The van der Waals surface area contributed by atoms with Crippen molar-refractivity contribution in [1.29, 1.82) is 0 Å². The van der Waals surface area contributed by atoms with E-state index in [1.165, 1.54) is 6.07 Å². The molecule has 3 heterocycles. The summed E-state index contributed by atoms with van der Waals surface area (Å²) in [6.45, 7) is 0. The van der Waals surface area contributed by atoms with E-state index in [2.05, 4.69) is 25.5 Å². The van der Waals surface area contributed by atoms with Crippen molar-refractivity contribution in [2.45, 2.75) is 37.5 Å². The Kier molecular flexibility index (Phi) is 2.62. The van der Waals surface area contributed by atoms with Crippen LogP contribution in [0.15, 0.2) is 16.6 Å². The summed E-state index contributed by atoms with van der Waals surface area (Å²) in [6.07, 6.45) is 3.85. The van der Waals surface area contributed by atoms with Gasteiger partial charge in [0, 0.05) is 6.07 Å². The zero-order valence-electron chi connectivity index (χ0n) is 10.0. The molecule has 2 saturated heterocycles. The van der Waals surface area contributed by atoms with Crippen LogP contribution < -0.4 is 0 Å². The van der Waals surface area contributed by atoms with Gasteiger partial charge >= 0.3 is 0 Å². The molecule has 3 unspecified atom stereocenters. The number of rotatable bonds is 1. The minimum absolute atomic E-state index is 0.250. The lowest BCUT2D eigenvalue weighted by molar-refractivity contribution is 0.0941. The van der Waals surface area contributed by atoms with Crippen LogP contribution in [0.2, 0.25) is 0 Å². The molecule has 2 aliphatic heterocycles. The molecule has 19 heavy (non-hydrogen) atoms. The molecule has 2 fully saturated rings. The molecular formula is C13H12BrFN2OS. The van der Waals surface area contributed by atoms with E-state index < -0.39 is 0 Å². The van der Waals surface area contributed by atoms with Gasteiger partial charge in [-0.25, -0.2) is 4.39 Å². The second-order valence-electron chi connectivity index (χ2n) is 5.26. The highest BCUT2D eigenvalue weighted by molar-refractivity contribution is 9.10. The van der Waals surface area contributed by atoms with E-state index >= 15 is 0 Å². The average molecular weight is 343 g/mol. The number of fused-ring (bicyclic) bond motifs is 3. The molecule has 1 aromatic carbocycles. The highest BCUT2D eigenvalue weighted by atomic mass is 79.9. The number of ether oxygens (including phenoxy) is 1. The quantitative estimate of drug-likeness (QED) is 0.791. The normalized spacial score (nSPS) is 29.5. The zero-order valence-corrected chi connectivity index (χ0v) is 12.4. The summed E-state index contributed by atoms with van der Waals surface area (Å²) in [5.41, 5.74) is 1.69. The van der Waals surface area contributed by atoms with Crippen LogP contribution in [0, 0.1) is 10.6 Å². The van der Waals surface area contributed by atoms with Crippen LogP contribution in [-0.2, 0) is 4.74 Å². The number of H-pyrrole nitrogens is 1. The average Bonchev–Trinajstić information content (AvgIpc) is 3.03. The zero-order chi connectivity index (χ0) is 13.1. The SMILES string of the molecule is Fc1cc2[nH]c(=S)n(C3CC4CCC3O4)c2cc1Br. The fraction of sp³-hybridized carbons (Fsp3) is 0.462. The van der Waals surface area contributed by atoms with Crippen molar-refractivity contribution in [2.75, 3.05) is 0 Å². The maximum Gasteiger partial charge on any atom is 0.178 e. The molecule has 0 radical (unpaired) electrons. The second kappa shape index (κ2) is 4.14. The molecule has 1 N–H and O–H groups in total. The fourth-order valence-electron chi connectivity index (χ4n) is 3.33. The Labute approximate surface area is 122 Å². The molecule has 0 amide bonds. The molecular weight excluding hydrogens is 331 g/mol. The topological polar surface area (TPSA) is 29.9 Å². The number of hydrogen-bond acceptors (Lipinski definition) is 2. The monoisotopic (exact) mass is 342 g/mol. The van der Waals surface area contributed by atoms with Crippen LogP contribution in [0.3, 0.4) is 0 Å². The summed E-state index contributed by atoms with van der Waals surface area (Å²) < 4.78 is 22.7. The summed E-state index contributed by atoms with van der Waals surface area (Å²) in [5.74, 6) is -0.278. The summed E-state index contributed by atoms with van der Waals surface area (Å²) in [4.78, 5) is 3.09. The van der Waals surface area contributed by atoms with Crippen LogP contribution in [0.25, 0.3) is 11.0 Å². The molecule has 0 spiro atoms. The number of halogens is 2. The van der Waals surface area contributed by atoms with Gasteiger partial charge in [0.2, 0.25) is 0 Å². The van der Waals surface area contributed by atoms with Gasteiger partial charge in [-0.05, 0) is 53.5 Å². The van der Waals surface area contributed by atoms with Gasteiger partial charge in [-0.3, -0.25) is 0 Å². The number of benzene rings is 1. The van der Waals surface area contributed by atoms with Crippen LogP contribution in [0.5, 0.6) is 0 Å². The van der Waals surface area contributed by atoms with Crippen molar-refractivity contribution in [3.05, 3.63) is 27.2 Å². The van der Waals surface area contributed by atoms with E-state index in [0.717, 1.165) is 30.3 Å². The van der Waals surface area contributed by atoms with Crippen molar-refractivity contribution < 1.29 is 9.13 Å². The van der Waals surface area contributed by atoms with E-state index in [1.54, 1.807) is 6.07 Å². The first-order chi connectivity index (χ1) is 9.13. The third kappa shape index (κ3) is 1.73. The van der Waals surface area contributed by atoms with Gasteiger partial charge in [0.25, 0.3) is 0 Å². The predicted octanol–water partition coefficient (Wildman–Crippen LogP) is 4.09. The molecule has 2 bridgehead atoms. The molecule has 3 nitrogen and oxygen atoms in total. The summed E-state index contributed by atoms with van der Waals surface area (Å²) in [7, 11) is 0. The molecule has 4 rings (SSSR count). The molecule has 6 heteroatoms. The third-order valence-electron chi connectivity index (χ3n) is 4.16. The van der Waals surface area contributed by atoms with Gasteiger partial charge in [-0.2, -0.15) is 0 Å². The van der Waals surface area contributed by atoms with Gasteiger partial charge in [0.05, 0.1) is 33.8 Å². The van der Waals surface area contributed by atoms with Gasteiger partial charge in [-0.1, -0.05) is 0 Å². The van der Waals surface area contributed by atoms with Crippen molar-refractivity contribution in [2.24, 2.45) is 0 Å². The molecule has 3 atom stereocenters. The first kappa shape index (κ1) is 12.1. The maximum atomic E-state index is 13.6. The standard InChI is InChI=1S/C13H12BrFN2OS/c14-7-4-10-9(5-8(7)15)16-13(19)17(10)11-3-6-1-2-12(11)18-6/h4-6,11-12H,1-3H2,(H,16,19). The summed E-state index contributed by atoms with van der Waals surface area (Å²) >= 11 is 8.65. The molecule has 1 aromatic heterocycles. The Balaban J connectivity index is 1.92. The minimum atomic E-state index is -0.278. The van der Waals surface area contributed by atoms with Crippen LogP contribution in [0.1, 0.15) is 25.3 Å². The predicted molar refractivity (Wildman–Crippen MR) is 76.3 cm³/mol. The van der Waals surface area contributed by atoms with Crippen molar-refractivity contribution in [3.63, 3.8) is 0 Å². The molecule has 100 valence electrons. The van der Waals surface area contributed by atoms with E-state index in [9.17, 15) is 4.39 Å². The van der Waals surface area contributed by atoms with Crippen molar-refractivity contribution >= 4 is 39.2 Å². The lowest BCUT2D eigenvalue weighted by Crippen LogP contribution is -2.20. The minimum Gasteiger partial charge on any atom is -0.373 e. The van der Waals surface area contributed by atoms with Crippen LogP contribution >= 0.6 is 28.1 Å². The number of hydrogen-bond donors (Lipinski definition) is 1. The van der Waals surface area contributed by atoms with E-state index in [0.29, 0.717) is 15.3 Å². The van der Waals surface area contributed by atoms with Crippen LogP contribution in [-0.4, -0.2) is 21.8 Å². The van der Waals surface area contributed by atoms with Gasteiger partial charge < -0.3 is 14.3 Å². The van der Waals surface area contributed by atoms with Crippen molar-refractivity contribution in [3.8, 4) is 0 Å². The highest BCUT2D eigenvalue weighted by Gasteiger charge is 2.42. The van der Waals surface area contributed by atoms with Gasteiger partial charge in [0.15, 0.2) is 4.77 Å².